The Morgan fingerprint density at radius 3 is 2.48 bits per heavy atom. The summed E-state index contributed by atoms with van der Waals surface area (Å²) in [6.07, 6.45) is 3.59. The van der Waals surface area contributed by atoms with Gasteiger partial charge in [-0.25, -0.2) is 9.97 Å². The molecular weight excluding hydrogens is 410 g/mol. The minimum Gasteiger partial charge on any atom is -0.481 e. The molecule has 1 aliphatic rings. The highest BCUT2D eigenvalue weighted by atomic mass is 16.4. The second-order valence-corrected chi connectivity index (χ2v) is 9.11. The lowest BCUT2D eigenvalue weighted by molar-refractivity contribution is -0.139. The number of nitrogens with zero attached hydrogens (tertiary/aromatic N) is 3. The third kappa shape index (κ3) is 5.08. The van der Waals surface area contributed by atoms with Crippen LogP contribution in [0.1, 0.15) is 66.8 Å². The van der Waals surface area contributed by atoms with Crippen molar-refractivity contribution in [2.24, 2.45) is 0 Å². The Morgan fingerprint density at radius 1 is 1.09 bits per heavy atom. The number of piperidine rings is 1. The SMILES string of the molecule is CCCC(C(=O)O)c1c(C)nc(N2CCCC(c3ccccc3)C2)nc1-c1ccc(C)cc1. The third-order valence-corrected chi connectivity index (χ3v) is 6.65. The molecule has 3 aromatic rings. The van der Waals surface area contributed by atoms with Crippen LogP contribution in [0.5, 0.6) is 0 Å². The first-order chi connectivity index (χ1) is 16.0. The number of benzene rings is 2. The lowest BCUT2D eigenvalue weighted by Gasteiger charge is -2.34. The van der Waals surface area contributed by atoms with E-state index in [0.717, 1.165) is 60.4 Å². The van der Waals surface area contributed by atoms with Crippen molar-refractivity contribution in [2.45, 2.75) is 58.3 Å². The van der Waals surface area contributed by atoms with Crippen LogP contribution in [0.4, 0.5) is 5.95 Å². The van der Waals surface area contributed by atoms with Crippen molar-refractivity contribution in [1.29, 1.82) is 0 Å². The number of aromatic nitrogens is 2. The number of hydrogen-bond acceptors (Lipinski definition) is 4. The topological polar surface area (TPSA) is 66.3 Å². The van der Waals surface area contributed by atoms with Crippen LogP contribution in [0.2, 0.25) is 0 Å². The second-order valence-electron chi connectivity index (χ2n) is 9.11. The number of carboxylic acids is 1. The first-order valence-electron chi connectivity index (χ1n) is 12.0. The number of anilines is 1. The highest BCUT2D eigenvalue weighted by Gasteiger charge is 2.29. The van der Waals surface area contributed by atoms with Gasteiger partial charge in [0, 0.05) is 35.8 Å². The molecule has 5 heteroatoms. The van der Waals surface area contributed by atoms with Gasteiger partial charge in [0.05, 0.1) is 11.6 Å². The molecule has 0 bridgehead atoms. The zero-order valence-electron chi connectivity index (χ0n) is 19.8. The fraction of sp³-hybridized carbons (Fsp3) is 0.393. The van der Waals surface area contributed by atoms with Crippen LogP contribution in [0, 0.1) is 13.8 Å². The zero-order chi connectivity index (χ0) is 23.4. The van der Waals surface area contributed by atoms with Crippen LogP contribution in [0.25, 0.3) is 11.3 Å². The van der Waals surface area contributed by atoms with Gasteiger partial charge in [-0.2, -0.15) is 0 Å². The molecule has 4 rings (SSSR count). The monoisotopic (exact) mass is 443 g/mol. The molecule has 2 unspecified atom stereocenters. The Hall–Kier alpha value is -3.21. The Morgan fingerprint density at radius 2 is 1.82 bits per heavy atom. The lowest BCUT2D eigenvalue weighted by Crippen LogP contribution is -2.36. The molecule has 172 valence electrons. The summed E-state index contributed by atoms with van der Waals surface area (Å²) in [6, 6.07) is 18.8. The smallest absolute Gasteiger partial charge is 0.311 e. The number of carbonyl (C=O) groups is 1. The fourth-order valence-electron chi connectivity index (χ4n) is 4.89. The molecule has 0 radical (unpaired) electrons. The van der Waals surface area contributed by atoms with Crippen molar-refractivity contribution < 1.29 is 9.90 Å². The molecule has 2 heterocycles. The van der Waals surface area contributed by atoms with Crippen LogP contribution in [-0.2, 0) is 4.79 Å². The van der Waals surface area contributed by atoms with E-state index in [4.69, 9.17) is 9.97 Å². The maximum Gasteiger partial charge on any atom is 0.311 e. The van der Waals surface area contributed by atoms with Gasteiger partial charge in [-0.05, 0) is 38.7 Å². The van der Waals surface area contributed by atoms with E-state index in [2.05, 4.69) is 54.3 Å². The number of aryl methyl sites for hydroxylation is 2. The lowest BCUT2D eigenvalue weighted by atomic mass is 9.89. The Labute approximate surface area is 196 Å². The average Bonchev–Trinajstić information content (AvgIpc) is 2.83. The average molecular weight is 444 g/mol. The van der Waals surface area contributed by atoms with Crippen LogP contribution in [0.3, 0.4) is 0 Å². The van der Waals surface area contributed by atoms with Crippen molar-refractivity contribution in [3.63, 3.8) is 0 Å². The summed E-state index contributed by atoms with van der Waals surface area (Å²) >= 11 is 0. The summed E-state index contributed by atoms with van der Waals surface area (Å²) in [6.45, 7) is 7.78. The molecule has 0 spiro atoms. The Balaban J connectivity index is 1.77. The van der Waals surface area contributed by atoms with Gasteiger partial charge in [0.25, 0.3) is 0 Å². The zero-order valence-corrected chi connectivity index (χ0v) is 19.8. The number of aliphatic carboxylic acids is 1. The molecule has 1 fully saturated rings. The molecule has 1 aliphatic heterocycles. The van der Waals surface area contributed by atoms with E-state index in [-0.39, 0.29) is 0 Å². The summed E-state index contributed by atoms with van der Waals surface area (Å²) in [5.74, 6) is -0.281. The molecule has 0 saturated carbocycles. The molecule has 1 N–H and O–H groups in total. The summed E-state index contributed by atoms with van der Waals surface area (Å²) in [7, 11) is 0. The van der Waals surface area contributed by atoms with Gasteiger partial charge < -0.3 is 10.0 Å². The molecular formula is C28H33N3O2. The minimum absolute atomic E-state index is 0.443. The molecule has 1 aromatic heterocycles. The number of carboxylic acid groups (broad SMARTS) is 1. The summed E-state index contributed by atoms with van der Waals surface area (Å²) in [5, 5.41) is 10.0. The van der Waals surface area contributed by atoms with Crippen LogP contribution in [0.15, 0.2) is 54.6 Å². The second kappa shape index (κ2) is 10.2. The summed E-state index contributed by atoms with van der Waals surface area (Å²) in [5.41, 5.74) is 5.72. The van der Waals surface area contributed by atoms with Crippen molar-refractivity contribution in [3.8, 4) is 11.3 Å². The molecule has 0 amide bonds. The van der Waals surface area contributed by atoms with E-state index in [0.29, 0.717) is 18.3 Å². The van der Waals surface area contributed by atoms with Gasteiger partial charge in [0.1, 0.15) is 0 Å². The molecule has 2 atom stereocenters. The number of hydrogen-bond donors (Lipinski definition) is 1. The van der Waals surface area contributed by atoms with Gasteiger partial charge in [0.2, 0.25) is 5.95 Å². The third-order valence-electron chi connectivity index (χ3n) is 6.65. The van der Waals surface area contributed by atoms with Crippen LogP contribution >= 0.6 is 0 Å². The van der Waals surface area contributed by atoms with Crippen LogP contribution in [-0.4, -0.2) is 34.1 Å². The first-order valence-corrected chi connectivity index (χ1v) is 12.0. The van der Waals surface area contributed by atoms with Gasteiger partial charge in [0.15, 0.2) is 0 Å². The van der Waals surface area contributed by atoms with Crippen molar-refractivity contribution in [1.82, 2.24) is 9.97 Å². The highest BCUT2D eigenvalue weighted by Crippen LogP contribution is 2.36. The first kappa shape index (κ1) is 23.0. The minimum atomic E-state index is -0.813. The van der Waals surface area contributed by atoms with E-state index in [1.165, 1.54) is 5.56 Å². The van der Waals surface area contributed by atoms with E-state index in [1.807, 2.05) is 26.0 Å². The molecule has 2 aromatic carbocycles. The normalized spacial score (nSPS) is 17.1. The molecule has 5 nitrogen and oxygen atoms in total. The van der Waals surface area contributed by atoms with Gasteiger partial charge in [-0.1, -0.05) is 73.5 Å². The number of rotatable bonds is 7. The van der Waals surface area contributed by atoms with E-state index >= 15 is 0 Å². The van der Waals surface area contributed by atoms with Crippen molar-refractivity contribution in [2.75, 3.05) is 18.0 Å². The van der Waals surface area contributed by atoms with E-state index in [1.54, 1.807) is 0 Å². The molecule has 1 saturated heterocycles. The largest absolute Gasteiger partial charge is 0.481 e. The van der Waals surface area contributed by atoms with Gasteiger partial charge in [-0.3, -0.25) is 4.79 Å². The standard InChI is InChI=1S/C28H33N3O2/c1-4-9-24(27(32)33)25-20(3)29-28(30-26(25)22-15-13-19(2)14-16-22)31-17-8-12-23(18-31)21-10-6-5-7-11-21/h5-7,10-11,13-16,23-24H,4,8-9,12,17-18H2,1-3H3,(H,32,33). The predicted molar refractivity (Wildman–Crippen MR) is 133 cm³/mol. The van der Waals surface area contributed by atoms with Gasteiger partial charge in [-0.15, -0.1) is 0 Å². The van der Waals surface area contributed by atoms with Crippen LogP contribution < -0.4 is 4.90 Å². The van der Waals surface area contributed by atoms with E-state index < -0.39 is 11.9 Å². The van der Waals surface area contributed by atoms with Crippen molar-refractivity contribution >= 4 is 11.9 Å². The Bertz CT molecular complexity index is 1100. The quantitative estimate of drug-likeness (QED) is 0.477. The maximum absolute atomic E-state index is 12.2. The van der Waals surface area contributed by atoms with Gasteiger partial charge >= 0.3 is 5.97 Å². The summed E-state index contributed by atoms with van der Waals surface area (Å²) < 4.78 is 0. The Kier molecular flexibility index (Phi) is 7.07. The highest BCUT2D eigenvalue weighted by molar-refractivity contribution is 5.81. The molecule has 33 heavy (non-hydrogen) atoms. The fourth-order valence-corrected chi connectivity index (χ4v) is 4.89. The predicted octanol–water partition coefficient (Wildman–Crippen LogP) is 6.11. The van der Waals surface area contributed by atoms with E-state index in [9.17, 15) is 9.90 Å². The maximum atomic E-state index is 12.2. The molecule has 0 aliphatic carbocycles. The summed E-state index contributed by atoms with van der Waals surface area (Å²) in [4.78, 5) is 24.4. The van der Waals surface area contributed by atoms with Crippen molar-refractivity contribution in [3.05, 3.63) is 77.0 Å².